The van der Waals surface area contributed by atoms with Gasteiger partial charge in [0, 0.05) is 0 Å². The molecule has 0 heterocycles. The first kappa shape index (κ1) is 21.2. The maximum atomic E-state index is 12.5. The van der Waals surface area contributed by atoms with E-state index in [1.54, 1.807) is 19.1 Å². The summed E-state index contributed by atoms with van der Waals surface area (Å²) in [5, 5.41) is 0. The fourth-order valence-electron chi connectivity index (χ4n) is 1.84. The Morgan fingerprint density at radius 3 is 2.15 bits per heavy atom. The van der Waals surface area contributed by atoms with Gasteiger partial charge in [-0.1, -0.05) is 29.5 Å². The third kappa shape index (κ3) is 5.92. The SMILES string of the molecule is C#CCOC(=O)CC(C)(OS(=O)(=O)c1ccc(C)cc1)C(=O)OCC#C. The molecule has 7 nitrogen and oxygen atoms in total. The Morgan fingerprint density at radius 2 is 1.62 bits per heavy atom. The van der Waals surface area contributed by atoms with Crippen LogP contribution < -0.4 is 0 Å². The minimum absolute atomic E-state index is 0.184. The van der Waals surface area contributed by atoms with Crippen LogP contribution in [0.2, 0.25) is 0 Å². The third-order valence-corrected chi connectivity index (χ3v) is 4.56. The van der Waals surface area contributed by atoms with Crippen LogP contribution in [0.5, 0.6) is 0 Å². The lowest BCUT2D eigenvalue weighted by Gasteiger charge is -2.25. The Morgan fingerprint density at radius 1 is 1.08 bits per heavy atom. The van der Waals surface area contributed by atoms with E-state index in [9.17, 15) is 18.0 Å². The van der Waals surface area contributed by atoms with Crippen LogP contribution in [0.15, 0.2) is 29.2 Å². The number of carbonyl (C=O) groups excluding carboxylic acids is 2. The molecule has 0 aliphatic carbocycles. The average molecular weight is 378 g/mol. The summed E-state index contributed by atoms with van der Waals surface area (Å²) in [6, 6.07) is 5.75. The molecular weight excluding hydrogens is 360 g/mol. The number of ether oxygens (including phenoxy) is 2. The lowest BCUT2D eigenvalue weighted by molar-refractivity contribution is -0.165. The lowest BCUT2D eigenvalue weighted by atomic mass is 10.0. The number of rotatable bonds is 8. The zero-order valence-corrected chi connectivity index (χ0v) is 15.2. The zero-order valence-electron chi connectivity index (χ0n) is 14.4. The topological polar surface area (TPSA) is 96.0 Å². The average Bonchev–Trinajstić information content (AvgIpc) is 2.57. The minimum Gasteiger partial charge on any atom is -0.452 e. The molecule has 0 aliphatic heterocycles. The van der Waals surface area contributed by atoms with Crippen molar-refractivity contribution in [2.45, 2.75) is 30.8 Å². The number of terminal acetylenes is 2. The standard InChI is InChI=1S/C18H18O7S/c1-5-11-23-16(19)13-18(4,17(20)24-12-6-2)25-26(21,22)15-9-7-14(3)8-10-15/h1-2,7-10H,11-13H2,3-4H3. The first-order valence-electron chi connectivity index (χ1n) is 7.37. The van der Waals surface area contributed by atoms with E-state index in [2.05, 4.69) is 16.6 Å². The molecule has 26 heavy (non-hydrogen) atoms. The monoisotopic (exact) mass is 378 g/mol. The molecule has 1 atom stereocenters. The van der Waals surface area contributed by atoms with E-state index in [1.165, 1.54) is 12.1 Å². The molecule has 0 amide bonds. The molecule has 0 fully saturated rings. The Balaban J connectivity index is 3.13. The predicted octanol–water partition coefficient (Wildman–Crippen LogP) is 1.20. The zero-order chi connectivity index (χ0) is 19.8. The van der Waals surface area contributed by atoms with Crippen LogP contribution in [0.25, 0.3) is 0 Å². The van der Waals surface area contributed by atoms with E-state index in [-0.39, 0.29) is 11.5 Å². The summed E-state index contributed by atoms with van der Waals surface area (Å²) >= 11 is 0. The van der Waals surface area contributed by atoms with Crippen LogP contribution in [0, 0.1) is 31.6 Å². The maximum Gasteiger partial charge on any atom is 0.341 e. The fourth-order valence-corrected chi connectivity index (χ4v) is 3.02. The van der Waals surface area contributed by atoms with E-state index in [0.29, 0.717) is 0 Å². The van der Waals surface area contributed by atoms with E-state index >= 15 is 0 Å². The van der Waals surface area contributed by atoms with Gasteiger partial charge in [-0.3, -0.25) is 4.79 Å². The van der Waals surface area contributed by atoms with Crippen LogP contribution >= 0.6 is 0 Å². The normalized spacial score (nSPS) is 12.9. The summed E-state index contributed by atoms with van der Waals surface area (Å²) in [5.41, 5.74) is -1.34. The Bertz CT molecular complexity index is 841. The van der Waals surface area contributed by atoms with Gasteiger partial charge in [0.05, 0.1) is 11.3 Å². The fraction of sp³-hybridized carbons (Fsp3) is 0.333. The summed E-state index contributed by atoms with van der Waals surface area (Å²) in [6.45, 7) is 2.12. The van der Waals surface area contributed by atoms with Gasteiger partial charge in [-0.2, -0.15) is 8.42 Å². The quantitative estimate of drug-likeness (QED) is 0.381. The Hall–Kier alpha value is -2.81. The third-order valence-electron chi connectivity index (χ3n) is 3.12. The molecule has 0 aromatic heterocycles. The molecule has 0 aliphatic rings. The van der Waals surface area contributed by atoms with Crippen LogP contribution in [0.1, 0.15) is 18.9 Å². The summed E-state index contributed by atoms with van der Waals surface area (Å²) in [5.74, 6) is 2.10. The highest BCUT2D eigenvalue weighted by Gasteiger charge is 2.44. The maximum absolute atomic E-state index is 12.5. The van der Waals surface area contributed by atoms with E-state index in [1.807, 2.05) is 0 Å². The second-order valence-electron chi connectivity index (χ2n) is 5.40. The number of hydrogen-bond donors (Lipinski definition) is 0. The molecule has 0 radical (unpaired) electrons. The number of carbonyl (C=O) groups is 2. The molecule has 1 unspecified atom stereocenters. The molecule has 0 saturated heterocycles. The van der Waals surface area contributed by atoms with Crippen molar-refractivity contribution in [1.29, 1.82) is 0 Å². The number of benzene rings is 1. The van der Waals surface area contributed by atoms with Gasteiger partial charge in [-0.15, -0.1) is 12.8 Å². The highest BCUT2D eigenvalue weighted by Crippen LogP contribution is 2.26. The largest absolute Gasteiger partial charge is 0.452 e. The van der Waals surface area contributed by atoms with Crippen LogP contribution in [0.3, 0.4) is 0 Å². The lowest BCUT2D eigenvalue weighted by Crippen LogP contribution is -2.44. The van der Waals surface area contributed by atoms with Gasteiger partial charge < -0.3 is 9.47 Å². The van der Waals surface area contributed by atoms with Crippen molar-refractivity contribution in [3.05, 3.63) is 29.8 Å². The minimum atomic E-state index is -4.37. The summed E-state index contributed by atoms with van der Waals surface area (Å²) in [7, 11) is -4.37. The van der Waals surface area contributed by atoms with Gasteiger partial charge in [0.1, 0.15) is 0 Å². The molecule has 8 heteroatoms. The Labute approximate surface area is 152 Å². The number of esters is 2. The molecule has 138 valence electrons. The molecule has 0 saturated carbocycles. The van der Waals surface area contributed by atoms with Gasteiger partial charge in [-0.05, 0) is 26.0 Å². The van der Waals surface area contributed by atoms with E-state index in [4.69, 9.17) is 21.8 Å². The second-order valence-corrected chi connectivity index (χ2v) is 6.95. The smallest absolute Gasteiger partial charge is 0.341 e. The van der Waals surface area contributed by atoms with Crippen molar-refractivity contribution in [3.63, 3.8) is 0 Å². The summed E-state index contributed by atoms with van der Waals surface area (Å²) in [4.78, 5) is 23.9. The van der Waals surface area contributed by atoms with E-state index < -0.39 is 40.7 Å². The van der Waals surface area contributed by atoms with Crippen molar-refractivity contribution in [2.75, 3.05) is 13.2 Å². The van der Waals surface area contributed by atoms with Crippen LogP contribution in [-0.4, -0.2) is 39.2 Å². The molecule has 1 aromatic rings. The van der Waals surface area contributed by atoms with Gasteiger partial charge in [0.2, 0.25) is 0 Å². The molecular formula is C18H18O7S. The van der Waals surface area contributed by atoms with Crippen molar-refractivity contribution in [2.24, 2.45) is 0 Å². The second kappa shape index (κ2) is 9.04. The van der Waals surface area contributed by atoms with Gasteiger partial charge in [0.15, 0.2) is 18.8 Å². The Kier molecular flexibility index (Phi) is 7.39. The molecule has 0 N–H and O–H groups in total. The molecule has 1 rings (SSSR count). The first-order valence-corrected chi connectivity index (χ1v) is 8.77. The highest BCUT2D eigenvalue weighted by atomic mass is 32.2. The van der Waals surface area contributed by atoms with Crippen molar-refractivity contribution < 1.29 is 31.7 Å². The van der Waals surface area contributed by atoms with Gasteiger partial charge in [-0.25, -0.2) is 8.98 Å². The van der Waals surface area contributed by atoms with Crippen molar-refractivity contribution in [3.8, 4) is 24.7 Å². The van der Waals surface area contributed by atoms with Crippen LogP contribution in [0.4, 0.5) is 0 Å². The number of aryl methyl sites for hydroxylation is 1. The molecule has 1 aromatic carbocycles. The number of hydrogen-bond acceptors (Lipinski definition) is 7. The first-order chi connectivity index (χ1) is 12.1. The summed E-state index contributed by atoms with van der Waals surface area (Å²) < 4.78 is 39.4. The highest BCUT2D eigenvalue weighted by molar-refractivity contribution is 7.86. The molecule has 0 bridgehead atoms. The van der Waals surface area contributed by atoms with Gasteiger partial charge >= 0.3 is 11.9 Å². The van der Waals surface area contributed by atoms with Gasteiger partial charge in [0.25, 0.3) is 10.1 Å². The van der Waals surface area contributed by atoms with Crippen molar-refractivity contribution in [1.82, 2.24) is 0 Å². The van der Waals surface area contributed by atoms with E-state index in [0.717, 1.165) is 12.5 Å². The molecule has 0 spiro atoms. The van der Waals surface area contributed by atoms with Crippen molar-refractivity contribution >= 4 is 22.1 Å². The predicted molar refractivity (Wildman–Crippen MR) is 92.1 cm³/mol. The summed E-state index contributed by atoms with van der Waals surface area (Å²) in [6.07, 6.45) is 9.27. The van der Waals surface area contributed by atoms with Crippen LogP contribution in [-0.2, 0) is 33.4 Å².